The molecule has 3 rings (SSSR count). The van der Waals surface area contributed by atoms with E-state index in [1.54, 1.807) is 18.2 Å². The maximum atomic E-state index is 12.2. The second-order valence-electron chi connectivity index (χ2n) is 6.71. The number of hydrogen-bond donors (Lipinski definition) is 3. The number of amides is 2. The molecule has 1 aromatic heterocycles. The van der Waals surface area contributed by atoms with E-state index in [0.29, 0.717) is 11.4 Å². The van der Waals surface area contributed by atoms with E-state index in [1.165, 1.54) is 11.3 Å². The first kappa shape index (κ1) is 18.1. The zero-order valence-corrected chi connectivity index (χ0v) is 15.6. The highest BCUT2D eigenvalue weighted by Gasteiger charge is 2.29. The molecular weight excluding hydrogens is 352 g/mol. The van der Waals surface area contributed by atoms with Crippen molar-refractivity contribution < 1.29 is 19.5 Å². The van der Waals surface area contributed by atoms with Gasteiger partial charge >= 0.3 is 5.97 Å². The fourth-order valence-electron chi connectivity index (χ4n) is 2.94. The molecule has 0 saturated carbocycles. The molecule has 2 aromatic rings. The summed E-state index contributed by atoms with van der Waals surface area (Å²) in [4.78, 5) is 36.4. The summed E-state index contributed by atoms with van der Waals surface area (Å²) in [6, 6.07) is 7.07. The van der Waals surface area contributed by atoms with Crippen molar-refractivity contribution in [2.45, 2.75) is 33.1 Å². The lowest BCUT2D eigenvalue weighted by molar-refractivity contribution is -0.119. The predicted molar refractivity (Wildman–Crippen MR) is 101 cm³/mol. The van der Waals surface area contributed by atoms with Gasteiger partial charge in [-0.25, -0.2) is 4.79 Å². The number of carbonyl (C=O) groups is 3. The highest BCUT2D eigenvalue weighted by molar-refractivity contribution is 7.14. The third-order valence-corrected chi connectivity index (χ3v) is 5.59. The zero-order valence-electron chi connectivity index (χ0n) is 14.8. The molecule has 0 aliphatic carbocycles. The Kier molecular flexibility index (Phi) is 4.82. The van der Waals surface area contributed by atoms with Gasteiger partial charge in [0.1, 0.15) is 4.88 Å². The summed E-state index contributed by atoms with van der Waals surface area (Å²) in [6.07, 6.45) is 0.268. The Labute approximate surface area is 155 Å². The van der Waals surface area contributed by atoms with Crippen LogP contribution in [0.25, 0.3) is 0 Å². The first-order chi connectivity index (χ1) is 12.3. The minimum absolute atomic E-state index is 0.0870. The lowest BCUT2D eigenvalue weighted by atomic mass is 9.87. The van der Waals surface area contributed by atoms with Crippen molar-refractivity contribution in [1.29, 1.82) is 0 Å². The van der Waals surface area contributed by atoms with Gasteiger partial charge in [-0.1, -0.05) is 19.9 Å². The summed E-state index contributed by atoms with van der Waals surface area (Å²) >= 11 is 1.19. The van der Waals surface area contributed by atoms with Gasteiger partial charge in [-0.15, -0.1) is 11.3 Å². The van der Waals surface area contributed by atoms with Gasteiger partial charge in [-0.3, -0.25) is 9.59 Å². The standard InChI is InChI=1S/C19H20N2O4S/c1-9(2)18(23)21-13-8-14-11(6-10(13)3)12(7-17(22)20-14)15-4-5-16(26-15)19(24)25/h4-6,8-9,12H,7H2,1-3H3,(H,20,22)(H,21,23)(H,24,25). The third kappa shape index (κ3) is 3.48. The molecule has 1 aliphatic heterocycles. The van der Waals surface area contributed by atoms with Crippen LogP contribution in [0.1, 0.15) is 51.9 Å². The Bertz CT molecular complexity index is 901. The Balaban J connectivity index is 2.00. The molecule has 26 heavy (non-hydrogen) atoms. The molecular formula is C19H20N2O4S. The van der Waals surface area contributed by atoms with Crippen molar-refractivity contribution in [3.63, 3.8) is 0 Å². The number of benzene rings is 1. The van der Waals surface area contributed by atoms with Crippen molar-refractivity contribution in [2.75, 3.05) is 10.6 Å². The van der Waals surface area contributed by atoms with Crippen LogP contribution in [-0.2, 0) is 9.59 Å². The van der Waals surface area contributed by atoms with Crippen LogP contribution < -0.4 is 10.6 Å². The van der Waals surface area contributed by atoms with E-state index >= 15 is 0 Å². The van der Waals surface area contributed by atoms with Crippen LogP contribution in [0.2, 0.25) is 0 Å². The Morgan fingerprint density at radius 2 is 2.04 bits per heavy atom. The molecule has 1 aliphatic rings. The number of hydrogen-bond acceptors (Lipinski definition) is 4. The summed E-state index contributed by atoms with van der Waals surface area (Å²) < 4.78 is 0. The summed E-state index contributed by atoms with van der Waals surface area (Å²) in [5.74, 6) is -1.52. The molecule has 0 bridgehead atoms. The van der Waals surface area contributed by atoms with Gasteiger partial charge in [0, 0.05) is 34.5 Å². The van der Waals surface area contributed by atoms with Crippen LogP contribution in [0.3, 0.4) is 0 Å². The molecule has 1 atom stereocenters. The quantitative estimate of drug-likeness (QED) is 0.760. The largest absolute Gasteiger partial charge is 0.477 e. The number of aromatic carboxylic acids is 1. The van der Waals surface area contributed by atoms with E-state index in [-0.39, 0.29) is 34.9 Å². The van der Waals surface area contributed by atoms with Gasteiger partial charge in [0.15, 0.2) is 0 Å². The molecule has 2 heterocycles. The average Bonchev–Trinajstić information content (AvgIpc) is 3.05. The van der Waals surface area contributed by atoms with Crippen molar-refractivity contribution in [3.05, 3.63) is 45.1 Å². The molecule has 3 N–H and O–H groups in total. The SMILES string of the molecule is Cc1cc2c(cc1NC(=O)C(C)C)NC(=O)CC2c1ccc(C(=O)O)s1. The Hall–Kier alpha value is -2.67. The Morgan fingerprint density at radius 3 is 2.65 bits per heavy atom. The summed E-state index contributed by atoms with van der Waals surface area (Å²) in [7, 11) is 0. The van der Waals surface area contributed by atoms with Crippen LogP contribution >= 0.6 is 11.3 Å². The van der Waals surface area contributed by atoms with E-state index in [2.05, 4.69) is 10.6 Å². The first-order valence-corrected chi connectivity index (χ1v) is 9.16. The number of anilines is 2. The van der Waals surface area contributed by atoms with Gasteiger partial charge in [0.2, 0.25) is 11.8 Å². The van der Waals surface area contributed by atoms with Crippen LogP contribution in [0.5, 0.6) is 0 Å². The van der Waals surface area contributed by atoms with Crippen LogP contribution in [-0.4, -0.2) is 22.9 Å². The molecule has 0 saturated heterocycles. The number of thiophene rings is 1. The average molecular weight is 372 g/mol. The summed E-state index contributed by atoms with van der Waals surface area (Å²) in [5, 5.41) is 14.9. The first-order valence-electron chi connectivity index (χ1n) is 8.34. The van der Waals surface area contributed by atoms with Crippen molar-refractivity contribution in [2.24, 2.45) is 5.92 Å². The van der Waals surface area contributed by atoms with Gasteiger partial charge in [0.05, 0.1) is 0 Å². The smallest absolute Gasteiger partial charge is 0.345 e. The zero-order chi connectivity index (χ0) is 19.0. The van der Waals surface area contributed by atoms with E-state index < -0.39 is 5.97 Å². The van der Waals surface area contributed by atoms with E-state index in [1.807, 2.05) is 26.8 Å². The monoisotopic (exact) mass is 372 g/mol. The number of rotatable bonds is 4. The minimum Gasteiger partial charge on any atom is -0.477 e. The lowest BCUT2D eigenvalue weighted by Gasteiger charge is -2.26. The molecule has 1 aromatic carbocycles. The fraction of sp³-hybridized carbons (Fsp3) is 0.316. The minimum atomic E-state index is -0.968. The van der Waals surface area contributed by atoms with Crippen LogP contribution in [0, 0.1) is 12.8 Å². The van der Waals surface area contributed by atoms with E-state index in [4.69, 9.17) is 5.11 Å². The summed E-state index contributed by atoms with van der Waals surface area (Å²) in [5.41, 5.74) is 3.15. The highest BCUT2D eigenvalue weighted by Crippen LogP contribution is 2.42. The molecule has 0 spiro atoms. The van der Waals surface area contributed by atoms with E-state index in [0.717, 1.165) is 16.0 Å². The number of carboxylic acid groups (broad SMARTS) is 1. The van der Waals surface area contributed by atoms with Crippen molar-refractivity contribution >= 4 is 40.5 Å². The number of nitrogens with one attached hydrogen (secondary N) is 2. The molecule has 1 unspecified atom stereocenters. The third-order valence-electron chi connectivity index (χ3n) is 4.40. The summed E-state index contributed by atoms with van der Waals surface area (Å²) in [6.45, 7) is 5.54. The molecule has 2 amide bonds. The molecule has 7 heteroatoms. The molecule has 0 radical (unpaired) electrons. The van der Waals surface area contributed by atoms with Gasteiger partial charge in [0.25, 0.3) is 0 Å². The molecule has 136 valence electrons. The van der Waals surface area contributed by atoms with Crippen molar-refractivity contribution in [1.82, 2.24) is 0 Å². The number of fused-ring (bicyclic) bond motifs is 1. The van der Waals surface area contributed by atoms with Gasteiger partial charge in [-0.05, 0) is 36.2 Å². The topological polar surface area (TPSA) is 95.5 Å². The predicted octanol–water partition coefficient (Wildman–Crippen LogP) is 3.82. The van der Waals surface area contributed by atoms with E-state index in [9.17, 15) is 14.4 Å². The van der Waals surface area contributed by atoms with Gasteiger partial charge in [-0.2, -0.15) is 0 Å². The van der Waals surface area contributed by atoms with Gasteiger partial charge < -0.3 is 15.7 Å². The van der Waals surface area contributed by atoms with Crippen LogP contribution in [0.4, 0.5) is 11.4 Å². The number of aryl methyl sites for hydroxylation is 1. The Morgan fingerprint density at radius 1 is 1.31 bits per heavy atom. The molecule has 0 fully saturated rings. The highest BCUT2D eigenvalue weighted by atomic mass is 32.1. The maximum absolute atomic E-state index is 12.2. The molecule has 6 nitrogen and oxygen atoms in total. The lowest BCUT2D eigenvalue weighted by Crippen LogP contribution is -2.24. The normalized spacial score (nSPS) is 16.2. The van der Waals surface area contributed by atoms with Crippen LogP contribution in [0.15, 0.2) is 24.3 Å². The fourth-order valence-corrected chi connectivity index (χ4v) is 3.91. The number of carbonyl (C=O) groups excluding carboxylic acids is 2. The second kappa shape index (κ2) is 6.92. The number of carboxylic acids is 1. The second-order valence-corrected chi connectivity index (χ2v) is 7.83. The van der Waals surface area contributed by atoms with Crippen molar-refractivity contribution in [3.8, 4) is 0 Å². The maximum Gasteiger partial charge on any atom is 0.345 e.